The minimum atomic E-state index is -1.81. The van der Waals surface area contributed by atoms with E-state index in [0.29, 0.717) is 17.9 Å². The Morgan fingerprint density at radius 1 is 0.825 bits per heavy atom. The van der Waals surface area contributed by atoms with E-state index >= 15 is 0 Å². The van der Waals surface area contributed by atoms with Crippen molar-refractivity contribution in [2.75, 3.05) is 17.2 Å². The van der Waals surface area contributed by atoms with Gasteiger partial charge >= 0.3 is 5.69 Å². The zero-order valence-electron chi connectivity index (χ0n) is 35.2. The number of nitrogens with zero attached hydrogens (tertiary/aromatic N) is 2. The molecule has 0 aliphatic carbocycles. The SMILES string of the molecule is CCOc1c(O)n(C(C(=O)Nc2cc(NC(=O)C(CC)Oc3ccc(C(C)(C)CC)cc3C(C)(C)CC)ccc2Cl)C(=O)C(C)(C)C)c(=O)n1Cc1ccccc1. The minimum Gasteiger partial charge on any atom is -0.491 e. The highest BCUT2D eigenvalue weighted by molar-refractivity contribution is 6.34. The molecule has 12 heteroatoms. The van der Waals surface area contributed by atoms with Gasteiger partial charge < -0.3 is 25.2 Å². The molecule has 3 N–H and O–H groups in total. The zero-order valence-corrected chi connectivity index (χ0v) is 36.0. The summed E-state index contributed by atoms with van der Waals surface area (Å²) in [5.74, 6) is -2.17. The lowest BCUT2D eigenvalue weighted by atomic mass is 9.76. The monoisotopic (exact) mass is 802 g/mol. The predicted octanol–water partition coefficient (Wildman–Crippen LogP) is 9.42. The van der Waals surface area contributed by atoms with Crippen LogP contribution in [0.5, 0.6) is 17.5 Å². The van der Waals surface area contributed by atoms with Crippen LogP contribution in [0.15, 0.2) is 71.5 Å². The van der Waals surface area contributed by atoms with E-state index in [9.17, 15) is 24.3 Å². The van der Waals surface area contributed by atoms with E-state index in [1.807, 2.05) is 31.2 Å². The summed E-state index contributed by atoms with van der Waals surface area (Å²) in [6.07, 6.45) is 1.36. The van der Waals surface area contributed by atoms with E-state index < -0.39 is 46.7 Å². The number of carbonyl (C=O) groups excluding carboxylic acids is 3. The fourth-order valence-corrected chi connectivity index (χ4v) is 6.45. The largest absolute Gasteiger partial charge is 0.491 e. The van der Waals surface area contributed by atoms with Crippen molar-refractivity contribution in [1.29, 1.82) is 0 Å². The molecule has 0 aliphatic heterocycles. The van der Waals surface area contributed by atoms with E-state index in [4.69, 9.17) is 21.1 Å². The van der Waals surface area contributed by atoms with Crippen LogP contribution in [-0.4, -0.2) is 44.5 Å². The number of hydrogen-bond acceptors (Lipinski definition) is 7. The van der Waals surface area contributed by atoms with E-state index in [1.165, 1.54) is 22.3 Å². The molecule has 0 bridgehead atoms. The number of imidazole rings is 1. The average Bonchev–Trinajstić information content (AvgIpc) is 3.38. The lowest BCUT2D eigenvalue weighted by molar-refractivity contribution is -0.135. The first-order valence-electron chi connectivity index (χ1n) is 19.7. The normalized spacial score (nSPS) is 13.1. The molecule has 0 saturated heterocycles. The molecule has 1 heterocycles. The highest BCUT2D eigenvalue weighted by Crippen LogP contribution is 2.39. The summed E-state index contributed by atoms with van der Waals surface area (Å²) in [4.78, 5) is 56.0. The van der Waals surface area contributed by atoms with E-state index in [0.717, 1.165) is 28.5 Å². The average molecular weight is 803 g/mol. The van der Waals surface area contributed by atoms with Crippen LogP contribution in [0, 0.1) is 5.41 Å². The first-order chi connectivity index (χ1) is 26.7. The molecule has 4 aromatic rings. The standard InChI is InChI=1S/C45H59ClN4O7/c1-12-34(57-35-24-21-29(44(8,9)13-2)25-31(35)45(10,11)14-3)38(52)47-30-22-23-32(46)33(26-30)48-39(53)36(37(51)43(5,6)7)50-40(54)41(56-15-4)49(42(50)55)27-28-19-17-16-18-20-28/h16-26,34,36,54H,12-15,27H2,1-11H3,(H,47,52)(H,48,53). The summed E-state index contributed by atoms with van der Waals surface area (Å²) in [5, 5.41) is 17.1. The van der Waals surface area contributed by atoms with Gasteiger partial charge in [0.15, 0.2) is 17.9 Å². The number of Topliss-reactive ketones (excluding diaryl/α,β-unsaturated/α-hetero) is 1. The number of ketones is 1. The van der Waals surface area contributed by atoms with Crippen LogP contribution >= 0.6 is 11.6 Å². The van der Waals surface area contributed by atoms with Crippen molar-refractivity contribution < 1.29 is 29.0 Å². The number of nitrogens with one attached hydrogen (secondary N) is 2. The number of hydrogen-bond donors (Lipinski definition) is 3. The molecule has 2 unspecified atom stereocenters. The van der Waals surface area contributed by atoms with Crippen molar-refractivity contribution in [1.82, 2.24) is 9.13 Å². The Morgan fingerprint density at radius 2 is 1.47 bits per heavy atom. The molecule has 0 fully saturated rings. The molecule has 0 spiro atoms. The van der Waals surface area contributed by atoms with Crippen molar-refractivity contribution in [2.24, 2.45) is 5.41 Å². The third kappa shape index (κ3) is 10.1. The van der Waals surface area contributed by atoms with Crippen LogP contribution in [0.1, 0.15) is 118 Å². The molecule has 11 nitrogen and oxygen atoms in total. The summed E-state index contributed by atoms with van der Waals surface area (Å²) in [7, 11) is 0. The van der Waals surface area contributed by atoms with Crippen LogP contribution in [0.3, 0.4) is 0 Å². The van der Waals surface area contributed by atoms with Gasteiger partial charge in [0.05, 0.1) is 23.9 Å². The van der Waals surface area contributed by atoms with Gasteiger partial charge in [0.25, 0.3) is 23.6 Å². The number of rotatable bonds is 17. The number of amides is 2. The van der Waals surface area contributed by atoms with E-state index in [1.54, 1.807) is 45.9 Å². The molecular formula is C45H59ClN4O7. The van der Waals surface area contributed by atoms with Crippen LogP contribution in [0.2, 0.25) is 5.02 Å². The second kappa shape index (κ2) is 18.1. The quantitative estimate of drug-likeness (QED) is 0.0904. The second-order valence-electron chi connectivity index (χ2n) is 16.7. The molecule has 308 valence electrons. The third-order valence-electron chi connectivity index (χ3n) is 10.7. The van der Waals surface area contributed by atoms with E-state index in [-0.39, 0.29) is 40.6 Å². The van der Waals surface area contributed by atoms with Crippen molar-refractivity contribution in [3.8, 4) is 17.5 Å². The molecule has 2 amide bonds. The summed E-state index contributed by atoms with van der Waals surface area (Å²) >= 11 is 6.57. The molecule has 57 heavy (non-hydrogen) atoms. The summed E-state index contributed by atoms with van der Waals surface area (Å²) in [6, 6.07) is 18.0. The number of halogens is 1. The van der Waals surface area contributed by atoms with Crippen LogP contribution in [0.4, 0.5) is 11.4 Å². The fourth-order valence-electron chi connectivity index (χ4n) is 6.29. The Hall–Kier alpha value is -5.03. The molecule has 3 aromatic carbocycles. The minimum absolute atomic E-state index is 0.0175. The highest BCUT2D eigenvalue weighted by atomic mass is 35.5. The maximum atomic E-state index is 14.2. The Labute approximate surface area is 341 Å². The third-order valence-corrected chi connectivity index (χ3v) is 11.1. The Morgan fingerprint density at radius 3 is 2.05 bits per heavy atom. The van der Waals surface area contributed by atoms with Gasteiger partial charge in [0.1, 0.15) is 5.75 Å². The van der Waals surface area contributed by atoms with Gasteiger partial charge in [-0.1, -0.05) is 123 Å². The number of aromatic hydroxyl groups is 1. The number of ether oxygens (including phenoxy) is 2. The molecule has 2 atom stereocenters. The maximum absolute atomic E-state index is 14.2. The van der Waals surface area contributed by atoms with Gasteiger partial charge in [-0.05, 0) is 72.4 Å². The van der Waals surface area contributed by atoms with Crippen molar-refractivity contribution in [2.45, 2.75) is 125 Å². The molecule has 4 rings (SSSR count). The highest BCUT2D eigenvalue weighted by Gasteiger charge is 2.41. The molecule has 0 aliphatic rings. The number of anilines is 2. The van der Waals surface area contributed by atoms with E-state index in [2.05, 4.69) is 64.3 Å². The summed E-state index contributed by atoms with van der Waals surface area (Å²) in [6.45, 7) is 21.6. The lowest BCUT2D eigenvalue weighted by Gasteiger charge is -2.31. The molecule has 0 saturated carbocycles. The van der Waals surface area contributed by atoms with Crippen molar-refractivity contribution in [3.63, 3.8) is 0 Å². The smallest absolute Gasteiger partial charge is 0.335 e. The van der Waals surface area contributed by atoms with Crippen molar-refractivity contribution in [3.05, 3.63) is 98.9 Å². The molecule has 0 radical (unpaired) electrons. The van der Waals surface area contributed by atoms with Gasteiger partial charge in [0.2, 0.25) is 0 Å². The molecule has 1 aromatic heterocycles. The first-order valence-corrected chi connectivity index (χ1v) is 20.1. The topological polar surface area (TPSA) is 141 Å². The summed E-state index contributed by atoms with van der Waals surface area (Å²) < 4.78 is 14.1. The van der Waals surface area contributed by atoms with Crippen LogP contribution in [0.25, 0.3) is 0 Å². The number of benzene rings is 3. The Bertz CT molecular complexity index is 2130. The zero-order chi connectivity index (χ0) is 42.5. The van der Waals surface area contributed by atoms with Gasteiger partial charge in [-0.25, -0.2) is 9.36 Å². The Balaban J connectivity index is 1.66. The lowest BCUT2D eigenvalue weighted by Crippen LogP contribution is -2.43. The first kappa shape index (κ1) is 44.7. The fraction of sp³-hybridized carbons (Fsp3) is 0.467. The van der Waals surface area contributed by atoms with Gasteiger partial charge in [0, 0.05) is 16.7 Å². The van der Waals surface area contributed by atoms with Gasteiger partial charge in [-0.2, -0.15) is 0 Å². The second-order valence-corrected chi connectivity index (χ2v) is 17.1. The van der Waals surface area contributed by atoms with Crippen LogP contribution in [-0.2, 0) is 31.8 Å². The number of aromatic nitrogens is 2. The Kier molecular flexibility index (Phi) is 14.1. The maximum Gasteiger partial charge on any atom is 0.335 e. The van der Waals surface area contributed by atoms with Gasteiger partial charge in [-0.15, -0.1) is 0 Å². The van der Waals surface area contributed by atoms with Crippen LogP contribution < -0.4 is 25.8 Å². The van der Waals surface area contributed by atoms with Crippen molar-refractivity contribution >= 4 is 40.6 Å². The number of carbonyl (C=O) groups is 3. The molecular weight excluding hydrogens is 744 g/mol. The predicted molar refractivity (Wildman–Crippen MR) is 227 cm³/mol. The van der Waals surface area contributed by atoms with Gasteiger partial charge in [-0.3, -0.25) is 19.0 Å². The summed E-state index contributed by atoms with van der Waals surface area (Å²) in [5.41, 5.74) is 1.17.